The van der Waals surface area contributed by atoms with Gasteiger partial charge in [-0.2, -0.15) is 10.4 Å². The van der Waals surface area contributed by atoms with Gasteiger partial charge in [-0.1, -0.05) is 12.1 Å². The molecule has 1 heterocycles. The van der Waals surface area contributed by atoms with E-state index in [0.29, 0.717) is 18.0 Å². The summed E-state index contributed by atoms with van der Waals surface area (Å²) in [6.45, 7) is 0.308. The van der Waals surface area contributed by atoms with Gasteiger partial charge in [0.2, 0.25) is 0 Å². The zero-order chi connectivity index (χ0) is 15.6. The first-order valence-electron chi connectivity index (χ1n) is 7.02. The van der Waals surface area contributed by atoms with Crippen molar-refractivity contribution in [3.05, 3.63) is 53.3 Å². The molecule has 1 aromatic carbocycles. The average molecular weight is 296 g/mol. The Kier molecular flexibility index (Phi) is 3.65. The highest BCUT2D eigenvalue weighted by Crippen LogP contribution is 2.45. The molecule has 2 aromatic rings. The molecule has 6 nitrogen and oxygen atoms in total. The van der Waals surface area contributed by atoms with Crippen LogP contribution in [0, 0.1) is 11.3 Å². The predicted molar refractivity (Wildman–Crippen MR) is 78.8 cm³/mol. The minimum Gasteiger partial charge on any atom is -0.362 e. The summed E-state index contributed by atoms with van der Waals surface area (Å²) < 4.78 is 6.53. The molecule has 112 valence electrons. The molecule has 0 radical (unpaired) electrons. The molecule has 0 unspecified atom stereocenters. The van der Waals surface area contributed by atoms with Crippen LogP contribution in [-0.4, -0.2) is 22.8 Å². The molecule has 3 rings (SSSR count). The highest BCUT2D eigenvalue weighted by atomic mass is 16.5. The molecular weight excluding hydrogens is 280 g/mol. The van der Waals surface area contributed by atoms with E-state index >= 15 is 0 Å². The summed E-state index contributed by atoms with van der Waals surface area (Å²) in [4.78, 5) is 12.4. The Bertz CT molecular complexity index is 741. The van der Waals surface area contributed by atoms with Gasteiger partial charge in [0.25, 0.3) is 5.91 Å². The molecule has 22 heavy (non-hydrogen) atoms. The first-order valence-corrected chi connectivity index (χ1v) is 7.02. The second-order valence-corrected chi connectivity index (χ2v) is 5.39. The number of methoxy groups -OCH3 is 1. The highest BCUT2D eigenvalue weighted by Gasteiger charge is 2.46. The molecule has 1 aliphatic rings. The lowest BCUT2D eigenvalue weighted by atomic mass is 10.0. The van der Waals surface area contributed by atoms with Crippen LogP contribution >= 0.6 is 0 Å². The highest BCUT2D eigenvalue weighted by molar-refractivity contribution is 5.93. The fraction of sp³-hybridized carbons (Fsp3) is 0.312. The molecule has 1 saturated carbocycles. The lowest BCUT2D eigenvalue weighted by Gasteiger charge is -2.17. The van der Waals surface area contributed by atoms with Gasteiger partial charge >= 0.3 is 0 Å². The van der Waals surface area contributed by atoms with Crippen LogP contribution in [0.15, 0.2) is 36.5 Å². The Labute approximate surface area is 128 Å². The Balaban J connectivity index is 1.76. The molecule has 1 aromatic heterocycles. The van der Waals surface area contributed by atoms with Gasteiger partial charge in [-0.3, -0.25) is 4.79 Å². The van der Waals surface area contributed by atoms with Crippen molar-refractivity contribution >= 4 is 5.91 Å². The van der Waals surface area contributed by atoms with E-state index in [-0.39, 0.29) is 11.4 Å². The van der Waals surface area contributed by atoms with Gasteiger partial charge in [0.05, 0.1) is 17.2 Å². The van der Waals surface area contributed by atoms with E-state index in [1.807, 2.05) is 18.2 Å². The smallest absolute Gasteiger partial charge is 0.272 e. The molecule has 0 spiro atoms. The number of hydrogen-bond acceptors (Lipinski definition) is 4. The van der Waals surface area contributed by atoms with Crippen molar-refractivity contribution in [1.82, 2.24) is 15.1 Å². The summed E-state index contributed by atoms with van der Waals surface area (Å²) in [6.07, 6.45) is 3.44. The van der Waals surface area contributed by atoms with Gasteiger partial charge in [0, 0.05) is 13.3 Å². The van der Waals surface area contributed by atoms with E-state index in [1.165, 1.54) is 0 Å². The number of amides is 1. The van der Waals surface area contributed by atoms with Crippen LogP contribution in [0.5, 0.6) is 0 Å². The maximum absolute atomic E-state index is 12.4. The molecule has 1 fully saturated rings. The lowest BCUT2D eigenvalue weighted by Crippen LogP contribution is -2.35. The van der Waals surface area contributed by atoms with Gasteiger partial charge in [0.1, 0.15) is 12.4 Å². The molecular formula is C16H16N4O2. The largest absolute Gasteiger partial charge is 0.362 e. The van der Waals surface area contributed by atoms with Crippen LogP contribution in [0.3, 0.4) is 0 Å². The number of hydrogen-bond donors (Lipinski definition) is 1. The molecule has 6 heteroatoms. The molecule has 1 amide bonds. The Morgan fingerprint density at radius 2 is 2.32 bits per heavy atom. The second-order valence-electron chi connectivity index (χ2n) is 5.39. The van der Waals surface area contributed by atoms with Gasteiger partial charge in [-0.25, -0.2) is 4.68 Å². The second kappa shape index (κ2) is 5.62. The van der Waals surface area contributed by atoms with Crippen molar-refractivity contribution < 1.29 is 9.53 Å². The van der Waals surface area contributed by atoms with E-state index in [2.05, 4.69) is 16.5 Å². The number of aromatic nitrogens is 2. The zero-order valence-corrected chi connectivity index (χ0v) is 12.2. The van der Waals surface area contributed by atoms with Crippen molar-refractivity contribution in [3.63, 3.8) is 0 Å². The standard InChI is InChI=1S/C16H16N4O2/c1-22-11-20-8-5-14(19-20)15(21)18-16(6-7-16)13-4-2-3-12(9-13)10-17/h2-5,8-9H,6-7,11H2,1H3,(H,18,21). The summed E-state index contributed by atoms with van der Waals surface area (Å²) in [5.41, 5.74) is 1.56. The number of carbonyl (C=O) groups is 1. The Morgan fingerprint density at radius 1 is 1.50 bits per heavy atom. The van der Waals surface area contributed by atoms with Gasteiger partial charge in [0.15, 0.2) is 0 Å². The van der Waals surface area contributed by atoms with Crippen LogP contribution in [0.25, 0.3) is 0 Å². The number of rotatable bonds is 5. The number of nitrogens with one attached hydrogen (secondary N) is 1. The number of nitrogens with zero attached hydrogens (tertiary/aromatic N) is 3. The minimum absolute atomic E-state index is 0.213. The number of carbonyl (C=O) groups excluding carboxylic acids is 1. The number of benzene rings is 1. The minimum atomic E-state index is -0.366. The molecule has 0 aliphatic heterocycles. The summed E-state index contributed by atoms with van der Waals surface area (Å²) in [5.74, 6) is -0.213. The van der Waals surface area contributed by atoms with E-state index < -0.39 is 0 Å². The van der Waals surface area contributed by atoms with Crippen LogP contribution in [0.2, 0.25) is 0 Å². The summed E-state index contributed by atoms with van der Waals surface area (Å²) in [7, 11) is 1.57. The first kappa shape index (κ1) is 14.3. The third-order valence-electron chi connectivity index (χ3n) is 3.78. The van der Waals surface area contributed by atoms with E-state index in [0.717, 1.165) is 18.4 Å². The van der Waals surface area contributed by atoms with E-state index in [9.17, 15) is 4.79 Å². The zero-order valence-electron chi connectivity index (χ0n) is 12.2. The van der Waals surface area contributed by atoms with Crippen LogP contribution in [0.4, 0.5) is 0 Å². The van der Waals surface area contributed by atoms with Crippen molar-refractivity contribution in [1.29, 1.82) is 5.26 Å². The summed E-state index contributed by atoms with van der Waals surface area (Å²) in [6, 6.07) is 11.2. The quantitative estimate of drug-likeness (QED) is 0.912. The average Bonchev–Trinajstić information content (AvgIpc) is 3.17. The SMILES string of the molecule is COCn1ccc(C(=O)NC2(c3cccc(C#N)c3)CC2)n1. The normalized spacial score (nSPS) is 15.1. The summed E-state index contributed by atoms with van der Waals surface area (Å²) in [5, 5.41) is 16.2. The number of nitriles is 1. The van der Waals surface area contributed by atoms with Crippen molar-refractivity contribution in [2.24, 2.45) is 0 Å². The molecule has 0 bridgehead atoms. The third kappa shape index (κ3) is 2.71. The first-order chi connectivity index (χ1) is 10.7. The lowest BCUT2D eigenvalue weighted by molar-refractivity contribution is 0.0918. The Morgan fingerprint density at radius 3 is 3.00 bits per heavy atom. The summed E-state index contributed by atoms with van der Waals surface area (Å²) >= 11 is 0. The monoisotopic (exact) mass is 296 g/mol. The van der Waals surface area contributed by atoms with E-state index in [4.69, 9.17) is 10.00 Å². The number of ether oxygens (including phenoxy) is 1. The third-order valence-corrected chi connectivity index (χ3v) is 3.78. The van der Waals surface area contributed by atoms with Gasteiger partial charge in [-0.05, 0) is 36.6 Å². The maximum atomic E-state index is 12.4. The van der Waals surface area contributed by atoms with Crippen molar-refractivity contribution in [3.8, 4) is 6.07 Å². The predicted octanol–water partition coefficient (Wildman–Crippen LogP) is 1.78. The molecule has 1 N–H and O–H groups in total. The van der Waals surface area contributed by atoms with Crippen LogP contribution in [-0.2, 0) is 17.0 Å². The van der Waals surface area contributed by atoms with E-state index in [1.54, 1.807) is 30.1 Å². The fourth-order valence-electron chi connectivity index (χ4n) is 2.47. The van der Waals surface area contributed by atoms with Crippen molar-refractivity contribution in [2.75, 3.05) is 7.11 Å². The topological polar surface area (TPSA) is 79.9 Å². The van der Waals surface area contributed by atoms with Gasteiger partial charge < -0.3 is 10.1 Å². The van der Waals surface area contributed by atoms with Crippen LogP contribution in [0.1, 0.15) is 34.5 Å². The fourth-order valence-corrected chi connectivity index (χ4v) is 2.47. The van der Waals surface area contributed by atoms with Crippen molar-refractivity contribution in [2.45, 2.75) is 25.1 Å². The Hall–Kier alpha value is -2.65. The van der Waals surface area contributed by atoms with Gasteiger partial charge in [-0.15, -0.1) is 0 Å². The van der Waals surface area contributed by atoms with Crippen LogP contribution < -0.4 is 5.32 Å². The maximum Gasteiger partial charge on any atom is 0.272 e. The molecule has 0 saturated heterocycles. The molecule has 1 aliphatic carbocycles. The molecule has 0 atom stereocenters.